The highest BCUT2D eigenvalue weighted by Gasteiger charge is 2.66. The van der Waals surface area contributed by atoms with E-state index in [4.69, 9.17) is 4.74 Å². The number of allylic oxidation sites excluding steroid dienone is 2. The fourth-order valence-electron chi connectivity index (χ4n) is 4.70. The maximum atomic E-state index is 12.3. The number of fused-ring (bicyclic) bond motifs is 4. The Morgan fingerprint density at radius 3 is 2.79 bits per heavy atom. The van der Waals surface area contributed by atoms with Gasteiger partial charge in [-0.2, -0.15) is 0 Å². The quantitative estimate of drug-likeness (QED) is 0.539. The van der Waals surface area contributed by atoms with Crippen LogP contribution in [0.4, 0.5) is 0 Å². The van der Waals surface area contributed by atoms with Gasteiger partial charge in [0.1, 0.15) is 11.4 Å². The van der Waals surface area contributed by atoms with Gasteiger partial charge in [0.2, 0.25) is 0 Å². The van der Waals surface area contributed by atoms with Crippen molar-refractivity contribution in [3.05, 3.63) is 12.2 Å². The molecule has 0 saturated heterocycles. The second-order valence-electron chi connectivity index (χ2n) is 6.24. The Morgan fingerprint density at radius 2 is 2.05 bits per heavy atom. The lowest BCUT2D eigenvalue weighted by Crippen LogP contribution is -2.68. The van der Waals surface area contributed by atoms with Gasteiger partial charge in [0.05, 0.1) is 5.92 Å². The fraction of sp³-hybridized carbons (Fsp3) is 0.750. The molecule has 0 aromatic rings. The Kier molecular flexibility index (Phi) is 3.23. The molecule has 4 atom stereocenters. The van der Waals surface area contributed by atoms with Gasteiger partial charge in [-0.3, -0.25) is 9.59 Å². The number of hydrogen-bond donors (Lipinski definition) is 0. The van der Waals surface area contributed by atoms with Crippen molar-refractivity contribution in [3.63, 3.8) is 0 Å². The Bertz CT molecular complexity index is 426. The first-order valence-corrected chi connectivity index (χ1v) is 7.52. The van der Waals surface area contributed by atoms with Gasteiger partial charge in [-0.05, 0) is 44.4 Å². The zero-order valence-corrected chi connectivity index (χ0v) is 11.6. The maximum absolute atomic E-state index is 12.3. The largest absolute Gasteiger partial charge is 0.458 e. The smallest absolute Gasteiger partial charge is 0.303 e. The standard InChI is InChI=1S/C16H22O3/c1-11(17)19-16-10-6-9-14(18)15(16)12-7-4-2-3-5-8-13(12)16/h2-3,12-13,15H,4-10H2,1H3. The average Bonchev–Trinajstić information content (AvgIpc) is 2.30. The second kappa shape index (κ2) is 4.77. The van der Waals surface area contributed by atoms with Crippen molar-refractivity contribution in [1.82, 2.24) is 0 Å². The summed E-state index contributed by atoms with van der Waals surface area (Å²) in [5.74, 6) is 0.934. The summed E-state index contributed by atoms with van der Waals surface area (Å²) in [5.41, 5.74) is -0.447. The second-order valence-corrected chi connectivity index (χ2v) is 6.24. The van der Waals surface area contributed by atoms with Crippen molar-refractivity contribution in [2.24, 2.45) is 17.8 Å². The number of carbonyl (C=O) groups excluding carboxylic acids is 2. The monoisotopic (exact) mass is 262 g/mol. The minimum absolute atomic E-state index is 0.0124. The van der Waals surface area contributed by atoms with Crippen LogP contribution in [0.25, 0.3) is 0 Å². The van der Waals surface area contributed by atoms with E-state index in [1.165, 1.54) is 6.92 Å². The van der Waals surface area contributed by atoms with E-state index in [0.29, 0.717) is 24.0 Å². The summed E-state index contributed by atoms with van der Waals surface area (Å²) < 4.78 is 5.73. The van der Waals surface area contributed by atoms with Gasteiger partial charge in [-0.25, -0.2) is 0 Å². The highest BCUT2D eigenvalue weighted by molar-refractivity contribution is 5.85. The molecule has 2 fully saturated rings. The average molecular weight is 262 g/mol. The zero-order valence-electron chi connectivity index (χ0n) is 11.6. The van der Waals surface area contributed by atoms with Crippen molar-refractivity contribution in [1.29, 1.82) is 0 Å². The first-order valence-electron chi connectivity index (χ1n) is 7.52. The molecule has 3 aliphatic carbocycles. The van der Waals surface area contributed by atoms with Crippen LogP contribution in [-0.2, 0) is 14.3 Å². The van der Waals surface area contributed by atoms with E-state index in [-0.39, 0.29) is 11.9 Å². The molecule has 3 heteroatoms. The van der Waals surface area contributed by atoms with Crippen LogP contribution in [0, 0.1) is 17.8 Å². The summed E-state index contributed by atoms with van der Waals surface area (Å²) in [6.45, 7) is 1.47. The van der Waals surface area contributed by atoms with Crippen LogP contribution >= 0.6 is 0 Å². The minimum Gasteiger partial charge on any atom is -0.458 e. The molecule has 0 amide bonds. The van der Waals surface area contributed by atoms with E-state index in [2.05, 4.69) is 12.2 Å². The number of rotatable bonds is 1. The molecule has 3 nitrogen and oxygen atoms in total. The number of ether oxygens (including phenoxy) is 1. The van der Waals surface area contributed by atoms with Crippen molar-refractivity contribution in [2.75, 3.05) is 0 Å². The number of hydrogen-bond acceptors (Lipinski definition) is 3. The van der Waals surface area contributed by atoms with Gasteiger partial charge in [0.25, 0.3) is 0 Å². The van der Waals surface area contributed by atoms with E-state index in [0.717, 1.165) is 38.5 Å². The molecular formula is C16H22O3. The molecule has 0 radical (unpaired) electrons. The molecule has 0 aliphatic heterocycles. The van der Waals surface area contributed by atoms with E-state index in [1.807, 2.05) is 0 Å². The molecule has 3 aliphatic rings. The lowest BCUT2D eigenvalue weighted by molar-refractivity contribution is -0.234. The Balaban J connectivity index is 1.90. The molecule has 0 aromatic carbocycles. The van der Waals surface area contributed by atoms with Gasteiger partial charge in [-0.15, -0.1) is 0 Å². The van der Waals surface area contributed by atoms with Gasteiger partial charge in [-0.1, -0.05) is 12.2 Å². The van der Waals surface area contributed by atoms with Crippen molar-refractivity contribution in [2.45, 2.75) is 57.5 Å². The zero-order chi connectivity index (χ0) is 13.5. The predicted octanol–water partition coefficient (Wildman–Crippen LogP) is 3.03. The molecule has 0 spiro atoms. The fourth-order valence-corrected chi connectivity index (χ4v) is 4.70. The molecule has 4 unspecified atom stereocenters. The lowest BCUT2D eigenvalue weighted by Gasteiger charge is -2.62. The molecule has 104 valence electrons. The van der Waals surface area contributed by atoms with E-state index in [1.54, 1.807) is 0 Å². The summed E-state index contributed by atoms with van der Waals surface area (Å²) in [6.07, 6.45) is 11.1. The number of carbonyl (C=O) groups is 2. The Labute approximate surface area is 114 Å². The number of ketones is 1. The highest BCUT2D eigenvalue weighted by atomic mass is 16.6. The van der Waals surface area contributed by atoms with Crippen molar-refractivity contribution < 1.29 is 14.3 Å². The van der Waals surface area contributed by atoms with E-state index < -0.39 is 5.60 Å². The molecule has 2 saturated carbocycles. The third-order valence-electron chi connectivity index (χ3n) is 5.25. The first-order chi connectivity index (χ1) is 9.15. The first kappa shape index (κ1) is 12.9. The van der Waals surface area contributed by atoms with E-state index in [9.17, 15) is 9.59 Å². The molecule has 0 aromatic heterocycles. The van der Waals surface area contributed by atoms with Crippen LogP contribution in [-0.4, -0.2) is 17.4 Å². The number of Topliss-reactive ketones (excluding diaryl/α,β-unsaturated/α-hetero) is 1. The third-order valence-corrected chi connectivity index (χ3v) is 5.25. The van der Waals surface area contributed by atoms with Crippen LogP contribution in [0.2, 0.25) is 0 Å². The maximum Gasteiger partial charge on any atom is 0.303 e. The minimum atomic E-state index is -0.447. The summed E-state index contributed by atoms with van der Waals surface area (Å²) in [7, 11) is 0. The van der Waals surface area contributed by atoms with Crippen molar-refractivity contribution in [3.8, 4) is 0 Å². The van der Waals surface area contributed by atoms with Gasteiger partial charge >= 0.3 is 5.97 Å². The van der Waals surface area contributed by atoms with Crippen LogP contribution in [0.5, 0.6) is 0 Å². The molecular weight excluding hydrogens is 240 g/mol. The summed E-state index contributed by atoms with van der Waals surface area (Å²) in [4.78, 5) is 23.8. The SMILES string of the molecule is CC(=O)OC12CCCC(=O)C1C1CCC=CCCC12. The van der Waals surface area contributed by atoms with Crippen LogP contribution in [0.15, 0.2) is 12.2 Å². The predicted molar refractivity (Wildman–Crippen MR) is 71.4 cm³/mol. The van der Waals surface area contributed by atoms with Gasteiger partial charge in [0.15, 0.2) is 0 Å². The Hall–Kier alpha value is -1.12. The molecule has 3 rings (SSSR count). The lowest BCUT2D eigenvalue weighted by atomic mass is 9.46. The van der Waals surface area contributed by atoms with Gasteiger partial charge in [0, 0.05) is 19.3 Å². The summed E-state index contributed by atoms with van der Waals surface area (Å²) in [5, 5.41) is 0. The van der Waals surface area contributed by atoms with Gasteiger partial charge < -0.3 is 4.74 Å². The molecule has 0 N–H and O–H groups in total. The molecule has 19 heavy (non-hydrogen) atoms. The third kappa shape index (κ3) is 1.94. The summed E-state index contributed by atoms with van der Waals surface area (Å²) in [6, 6.07) is 0. The van der Waals surface area contributed by atoms with Crippen molar-refractivity contribution >= 4 is 11.8 Å². The normalized spacial score (nSPS) is 41.3. The number of esters is 1. The topological polar surface area (TPSA) is 43.4 Å². The van der Waals surface area contributed by atoms with Crippen LogP contribution < -0.4 is 0 Å². The summed E-state index contributed by atoms with van der Waals surface area (Å²) >= 11 is 0. The van der Waals surface area contributed by atoms with Crippen LogP contribution in [0.1, 0.15) is 51.9 Å². The Morgan fingerprint density at radius 1 is 1.32 bits per heavy atom. The van der Waals surface area contributed by atoms with Crippen LogP contribution in [0.3, 0.4) is 0 Å². The molecule has 0 bridgehead atoms. The molecule has 0 heterocycles. The highest BCUT2D eigenvalue weighted by Crippen LogP contribution is 2.60. The van der Waals surface area contributed by atoms with E-state index >= 15 is 0 Å².